The summed E-state index contributed by atoms with van der Waals surface area (Å²) in [4.78, 5) is 23.0. The summed E-state index contributed by atoms with van der Waals surface area (Å²) in [5, 5.41) is 15.2. The zero-order chi connectivity index (χ0) is 14.8. The van der Waals surface area contributed by atoms with Gasteiger partial charge in [0.25, 0.3) is 0 Å². The number of hydrogen-bond acceptors (Lipinski definition) is 3. The monoisotopic (exact) mass is 316 g/mol. The summed E-state index contributed by atoms with van der Waals surface area (Å²) in [6.45, 7) is -0.103. The van der Waals surface area contributed by atoms with Crippen molar-refractivity contribution >= 4 is 40.8 Å². The average molecular weight is 317 g/mol. The standard InChI is InChI=1S/C13H14Cl2N2O3/c14-8-3-1-4-9(15)11(8)17-10(18)7-16-13(12(19)20)5-2-6-13/h1,3-4,16H,2,5-7H2,(H,17,18)(H,19,20). The van der Waals surface area contributed by atoms with Crippen LogP contribution in [0.5, 0.6) is 0 Å². The largest absolute Gasteiger partial charge is 0.480 e. The first-order valence-electron chi connectivity index (χ1n) is 6.17. The molecule has 0 aliphatic heterocycles. The number of carbonyl (C=O) groups excluding carboxylic acids is 1. The van der Waals surface area contributed by atoms with Gasteiger partial charge in [-0.05, 0) is 31.4 Å². The maximum Gasteiger partial charge on any atom is 0.323 e. The van der Waals surface area contributed by atoms with Crippen LogP contribution in [0.3, 0.4) is 0 Å². The summed E-state index contributed by atoms with van der Waals surface area (Å²) >= 11 is 11.9. The third kappa shape index (κ3) is 3.06. The van der Waals surface area contributed by atoms with Crippen molar-refractivity contribution in [3.8, 4) is 0 Å². The molecule has 1 aliphatic carbocycles. The number of hydrogen-bond donors (Lipinski definition) is 3. The summed E-state index contributed by atoms with van der Waals surface area (Å²) in [7, 11) is 0. The lowest BCUT2D eigenvalue weighted by Crippen LogP contribution is -2.58. The van der Waals surface area contributed by atoms with Crippen LogP contribution in [0.15, 0.2) is 18.2 Å². The molecule has 0 radical (unpaired) electrons. The molecule has 0 saturated heterocycles. The Labute approximate surface area is 126 Å². The van der Waals surface area contributed by atoms with Crippen LogP contribution in [0.1, 0.15) is 19.3 Å². The second kappa shape index (κ2) is 5.99. The van der Waals surface area contributed by atoms with E-state index in [0.717, 1.165) is 6.42 Å². The van der Waals surface area contributed by atoms with Crippen molar-refractivity contribution in [1.82, 2.24) is 5.32 Å². The number of halogens is 2. The van der Waals surface area contributed by atoms with Crippen LogP contribution in [0.25, 0.3) is 0 Å². The zero-order valence-electron chi connectivity index (χ0n) is 10.6. The highest BCUT2D eigenvalue weighted by Gasteiger charge is 2.44. The lowest BCUT2D eigenvalue weighted by atomic mass is 9.77. The van der Waals surface area contributed by atoms with Gasteiger partial charge in [0.15, 0.2) is 0 Å². The minimum Gasteiger partial charge on any atom is -0.480 e. The van der Waals surface area contributed by atoms with Gasteiger partial charge in [0, 0.05) is 0 Å². The lowest BCUT2D eigenvalue weighted by molar-refractivity contribution is -0.148. The molecule has 3 N–H and O–H groups in total. The Bertz CT molecular complexity index is 524. The molecule has 5 nitrogen and oxygen atoms in total. The van der Waals surface area contributed by atoms with Crippen LogP contribution in [-0.4, -0.2) is 29.1 Å². The van der Waals surface area contributed by atoms with Gasteiger partial charge in [0.1, 0.15) is 5.54 Å². The summed E-state index contributed by atoms with van der Waals surface area (Å²) in [5.74, 6) is -1.31. The molecule has 2 rings (SSSR count). The van der Waals surface area contributed by atoms with Gasteiger partial charge in [-0.15, -0.1) is 0 Å². The van der Waals surface area contributed by atoms with Crippen molar-refractivity contribution in [2.75, 3.05) is 11.9 Å². The van der Waals surface area contributed by atoms with Gasteiger partial charge in [0.2, 0.25) is 5.91 Å². The van der Waals surface area contributed by atoms with E-state index in [1.807, 2.05) is 0 Å². The van der Waals surface area contributed by atoms with Gasteiger partial charge in [-0.25, -0.2) is 0 Å². The first-order chi connectivity index (χ1) is 9.44. The molecule has 7 heteroatoms. The van der Waals surface area contributed by atoms with E-state index in [1.165, 1.54) is 0 Å². The number of carboxylic acids is 1. The zero-order valence-corrected chi connectivity index (χ0v) is 12.1. The number of benzene rings is 1. The Kier molecular flexibility index (Phi) is 4.52. The van der Waals surface area contributed by atoms with E-state index in [9.17, 15) is 9.59 Å². The van der Waals surface area contributed by atoms with Crippen LogP contribution >= 0.6 is 23.2 Å². The highest BCUT2D eigenvalue weighted by atomic mass is 35.5. The van der Waals surface area contributed by atoms with Crippen molar-refractivity contribution < 1.29 is 14.7 Å². The fourth-order valence-electron chi connectivity index (χ4n) is 2.05. The molecule has 0 unspecified atom stereocenters. The Morgan fingerprint density at radius 2 is 1.85 bits per heavy atom. The van der Waals surface area contributed by atoms with Crippen LogP contribution in [0, 0.1) is 0 Å². The molecule has 20 heavy (non-hydrogen) atoms. The molecule has 0 spiro atoms. The molecular weight excluding hydrogens is 303 g/mol. The van der Waals surface area contributed by atoms with Crippen LogP contribution in [0.4, 0.5) is 5.69 Å². The normalized spacial score (nSPS) is 16.3. The summed E-state index contributed by atoms with van der Waals surface area (Å²) in [5.41, 5.74) is -0.637. The third-order valence-electron chi connectivity index (χ3n) is 3.43. The van der Waals surface area contributed by atoms with Crippen molar-refractivity contribution in [3.63, 3.8) is 0 Å². The number of para-hydroxylation sites is 1. The van der Waals surface area contributed by atoms with E-state index < -0.39 is 11.5 Å². The molecule has 0 heterocycles. The maximum atomic E-state index is 11.8. The fourth-order valence-corrected chi connectivity index (χ4v) is 2.54. The van der Waals surface area contributed by atoms with Crippen molar-refractivity contribution in [3.05, 3.63) is 28.2 Å². The predicted molar refractivity (Wildman–Crippen MR) is 77.3 cm³/mol. The van der Waals surface area contributed by atoms with Crippen molar-refractivity contribution in [2.45, 2.75) is 24.8 Å². The molecule has 1 amide bonds. The SMILES string of the molecule is O=C(CNC1(C(=O)O)CCC1)Nc1c(Cl)cccc1Cl. The summed E-state index contributed by atoms with van der Waals surface area (Å²) in [6, 6.07) is 4.90. The van der Waals surface area contributed by atoms with Crippen LogP contribution < -0.4 is 10.6 Å². The average Bonchev–Trinajstić information content (AvgIpc) is 2.32. The number of carbonyl (C=O) groups is 2. The molecule has 1 fully saturated rings. The van der Waals surface area contributed by atoms with Gasteiger partial charge < -0.3 is 10.4 Å². The molecule has 1 saturated carbocycles. The van der Waals surface area contributed by atoms with E-state index in [0.29, 0.717) is 28.6 Å². The van der Waals surface area contributed by atoms with E-state index >= 15 is 0 Å². The molecule has 0 atom stereocenters. The first-order valence-corrected chi connectivity index (χ1v) is 6.92. The molecule has 1 aliphatic rings. The molecule has 1 aromatic carbocycles. The van der Waals surface area contributed by atoms with Crippen molar-refractivity contribution in [2.24, 2.45) is 0 Å². The smallest absolute Gasteiger partial charge is 0.323 e. The third-order valence-corrected chi connectivity index (χ3v) is 4.06. The van der Waals surface area contributed by atoms with Crippen LogP contribution in [-0.2, 0) is 9.59 Å². The Morgan fingerprint density at radius 3 is 2.30 bits per heavy atom. The minimum absolute atomic E-state index is 0.103. The van der Waals surface area contributed by atoms with E-state index in [-0.39, 0.29) is 12.5 Å². The molecule has 1 aromatic rings. The molecule has 108 valence electrons. The highest BCUT2D eigenvalue weighted by molar-refractivity contribution is 6.39. The van der Waals surface area contributed by atoms with Gasteiger partial charge >= 0.3 is 5.97 Å². The van der Waals surface area contributed by atoms with Gasteiger partial charge in [-0.2, -0.15) is 0 Å². The fraction of sp³-hybridized carbons (Fsp3) is 0.385. The van der Waals surface area contributed by atoms with Gasteiger partial charge in [0.05, 0.1) is 22.3 Å². The molecular formula is C13H14Cl2N2O3. The topological polar surface area (TPSA) is 78.4 Å². The summed E-state index contributed by atoms with van der Waals surface area (Å²) in [6.07, 6.45) is 1.90. The lowest BCUT2D eigenvalue weighted by Gasteiger charge is -2.38. The Hall–Kier alpha value is -1.30. The van der Waals surface area contributed by atoms with Crippen molar-refractivity contribution in [1.29, 1.82) is 0 Å². The van der Waals surface area contributed by atoms with E-state index in [4.69, 9.17) is 28.3 Å². The molecule has 0 bridgehead atoms. The number of amides is 1. The predicted octanol–water partition coefficient (Wildman–Crippen LogP) is 2.53. The number of anilines is 1. The van der Waals surface area contributed by atoms with Gasteiger partial charge in [-0.3, -0.25) is 14.9 Å². The number of aliphatic carboxylic acids is 1. The quantitative estimate of drug-likeness (QED) is 0.780. The molecule has 0 aromatic heterocycles. The number of rotatable bonds is 5. The highest BCUT2D eigenvalue weighted by Crippen LogP contribution is 2.32. The summed E-state index contributed by atoms with van der Waals surface area (Å²) < 4.78 is 0. The Balaban J connectivity index is 1.95. The second-order valence-corrected chi connectivity index (χ2v) is 5.55. The number of carboxylic acid groups (broad SMARTS) is 1. The van der Waals surface area contributed by atoms with Gasteiger partial charge in [-0.1, -0.05) is 29.3 Å². The second-order valence-electron chi connectivity index (χ2n) is 4.74. The van der Waals surface area contributed by atoms with E-state index in [1.54, 1.807) is 18.2 Å². The first kappa shape index (κ1) is 15.1. The number of nitrogens with one attached hydrogen (secondary N) is 2. The Morgan fingerprint density at radius 1 is 1.25 bits per heavy atom. The van der Waals surface area contributed by atoms with Crippen LogP contribution in [0.2, 0.25) is 10.0 Å². The minimum atomic E-state index is -0.971. The maximum absolute atomic E-state index is 11.8. The van der Waals surface area contributed by atoms with E-state index in [2.05, 4.69) is 10.6 Å².